The van der Waals surface area contributed by atoms with Crippen LogP contribution in [0.5, 0.6) is 5.75 Å². The van der Waals surface area contributed by atoms with E-state index in [4.69, 9.17) is 9.26 Å². The van der Waals surface area contributed by atoms with E-state index in [-0.39, 0.29) is 24.6 Å². The number of amides is 2. The van der Waals surface area contributed by atoms with Crippen molar-refractivity contribution in [1.82, 2.24) is 19.9 Å². The number of ketones is 1. The molecule has 2 amide bonds. The number of methoxy groups -OCH3 is 1. The molecule has 1 N–H and O–H groups in total. The Morgan fingerprint density at radius 2 is 1.71 bits per heavy atom. The second-order valence-corrected chi connectivity index (χ2v) is 7.93. The molecule has 1 fully saturated rings. The van der Waals surface area contributed by atoms with Crippen molar-refractivity contribution >= 4 is 28.5 Å². The first-order valence-electron chi connectivity index (χ1n) is 10.8. The number of fused-ring (bicyclic) bond motifs is 1. The molecule has 0 bridgehead atoms. The van der Waals surface area contributed by atoms with Gasteiger partial charge in [0.05, 0.1) is 23.6 Å². The number of hydrogen-bond donors (Lipinski definition) is 1. The lowest BCUT2D eigenvalue weighted by molar-refractivity contribution is -0.127. The van der Waals surface area contributed by atoms with E-state index in [1.807, 2.05) is 24.3 Å². The molecule has 172 valence electrons. The summed E-state index contributed by atoms with van der Waals surface area (Å²) in [6, 6.07) is 14.3. The van der Waals surface area contributed by atoms with Gasteiger partial charge in [0.25, 0.3) is 17.6 Å². The summed E-state index contributed by atoms with van der Waals surface area (Å²) in [6.07, 6.45) is 2.98. The summed E-state index contributed by atoms with van der Waals surface area (Å²) in [5.74, 6) is -0.856. The first-order valence-corrected chi connectivity index (χ1v) is 10.8. The van der Waals surface area contributed by atoms with E-state index in [1.54, 1.807) is 29.2 Å². The number of carbonyl (C=O) groups is 3. The second-order valence-electron chi connectivity index (χ2n) is 7.93. The number of nitrogens with zero attached hydrogens (tertiary/aromatic N) is 3. The van der Waals surface area contributed by atoms with Crippen LogP contribution in [0.4, 0.5) is 0 Å². The van der Waals surface area contributed by atoms with E-state index in [2.05, 4.69) is 10.1 Å². The molecule has 0 saturated carbocycles. The third-order valence-electron chi connectivity index (χ3n) is 6.04. The standard InChI is InChI=1S/C25H22N4O5/c1-33-20-8-7-17(19-9-14-34-27-19)22-21(20)18(15-26-22)23(30)25(32)29-12-10-28(11-13-29)24(31)16-5-3-2-4-6-16/h2-9,14-15,26H,10-13H2,1H3. The Morgan fingerprint density at radius 1 is 0.971 bits per heavy atom. The zero-order valence-electron chi connectivity index (χ0n) is 18.5. The highest BCUT2D eigenvalue weighted by molar-refractivity contribution is 6.45. The number of aromatic nitrogens is 2. The molecule has 1 saturated heterocycles. The molecule has 0 atom stereocenters. The third-order valence-corrected chi connectivity index (χ3v) is 6.04. The summed E-state index contributed by atoms with van der Waals surface area (Å²) in [5, 5.41) is 4.48. The monoisotopic (exact) mass is 458 g/mol. The van der Waals surface area contributed by atoms with Crippen LogP contribution in [0.3, 0.4) is 0 Å². The van der Waals surface area contributed by atoms with Crippen molar-refractivity contribution in [3.05, 3.63) is 72.1 Å². The van der Waals surface area contributed by atoms with Crippen molar-refractivity contribution in [2.75, 3.05) is 33.3 Å². The maximum atomic E-state index is 13.2. The predicted octanol–water partition coefficient (Wildman–Crippen LogP) is 3.00. The summed E-state index contributed by atoms with van der Waals surface area (Å²) in [7, 11) is 1.51. The summed E-state index contributed by atoms with van der Waals surface area (Å²) >= 11 is 0. The van der Waals surface area contributed by atoms with Gasteiger partial charge in [0.15, 0.2) is 0 Å². The first-order chi connectivity index (χ1) is 16.6. The van der Waals surface area contributed by atoms with Gasteiger partial charge in [-0.25, -0.2) is 0 Å². The number of aromatic amines is 1. The Kier molecular flexibility index (Phi) is 5.59. The van der Waals surface area contributed by atoms with Crippen molar-refractivity contribution < 1.29 is 23.6 Å². The average molecular weight is 458 g/mol. The highest BCUT2D eigenvalue weighted by Gasteiger charge is 2.31. The van der Waals surface area contributed by atoms with Gasteiger partial charge in [0.1, 0.15) is 17.7 Å². The van der Waals surface area contributed by atoms with Crippen molar-refractivity contribution in [3.63, 3.8) is 0 Å². The van der Waals surface area contributed by atoms with Crippen LogP contribution < -0.4 is 4.74 Å². The summed E-state index contributed by atoms with van der Waals surface area (Å²) < 4.78 is 10.4. The van der Waals surface area contributed by atoms with Crippen LogP contribution in [0.25, 0.3) is 22.2 Å². The van der Waals surface area contributed by atoms with Crippen LogP contribution >= 0.6 is 0 Å². The lowest BCUT2D eigenvalue weighted by atomic mass is 10.0. The zero-order valence-corrected chi connectivity index (χ0v) is 18.5. The maximum absolute atomic E-state index is 13.2. The van der Waals surface area contributed by atoms with E-state index >= 15 is 0 Å². The molecule has 0 aliphatic carbocycles. The third kappa shape index (κ3) is 3.71. The minimum absolute atomic E-state index is 0.0826. The fourth-order valence-corrected chi connectivity index (χ4v) is 4.27. The van der Waals surface area contributed by atoms with E-state index < -0.39 is 11.7 Å². The Balaban J connectivity index is 1.36. The predicted molar refractivity (Wildman–Crippen MR) is 124 cm³/mol. The molecule has 2 aromatic heterocycles. The van der Waals surface area contributed by atoms with Crippen LogP contribution in [0, 0.1) is 0 Å². The van der Waals surface area contributed by atoms with Gasteiger partial charge in [-0.05, 0) is 24.3 Å². The van der Waals surface area contributed by atoms with Gasteiger partial charge < -0.3 is 24.0 Å². The SMILES string of the molecule is COc1ccc(-c2ccon2)c2[nH]cc(C(=O)C(=O)N3CCN(C(=O)c4ccccc4)CC3)c12. The minimum Gasteiger partial charge on any atom is -0.496 e. The molecule has 5 rings (SSSR count). The molecule has 34 heavy (non-hydrogen) atoms. The fourth-order valence-electron chi connectivity index (χ4n) is 4.27. The van der Waals surface area contributed by atoms with Crippen LogP contribution in [-0.2, 0) is 4.79 Å². The lowest BCUT2D eigenvalue weighted by Gasteiger charge is -2.34. The van der Waals surface area contributed by atoms with Crippen LogP contribution in [0.2, 0.25) is 0 Å². The van der Waals surface area contributed by atoms with Crippen LogP contribution in [0.1, 0.15) is 20.7 Å². The van der Waals surface area contributed by atoms with E-state index in [1.165, 1.54) is 24.5 Å². The second kappa shape index (κ2) is 8.86. The molecular formula is C25H22N4O5. The number of ether oxygens (including phenoxy) is 1. The average Bonchev–Trinajstić information content (AvgIpc) is 3.58. The zero-order chi connectivity index (χ0) is 23.7. The number of nitrogens with one attached hydrogen (secondary N) is 1. The van der Waals surface area contributed by atoms with E-state index in [9.17, 15) is 14.4 Å². The highest BCUT2D eigenvalue weighted by atomic mass is 16.5. The van der Waals surface area contributed by atoms with Crippen molar-refractivity contribution in [3.8, 4) is 17.0 Å². The van der Waals surface area contributed by atoms with Gasteiger partial charge in [0, 0.05) is 49.6 Å². The maximum Gasteiger partial charge on any atom is 0.295 e. The number of Topliss-reactive ketones (excluding diaryl/α,β-unsaturated/α-hetero) is 1. The molecule has 1 aliphatic heterocycles. The molecule has 3 heterocycles. The molecular weight excluding hydrogens is 436 g/mol. The molecule has 9 nitrogen and oxygen atoms in total. The quantitative estimate of drug-likeness (QED) is 0.364. The minimum atomic E-state index is -0.635. The van der Waals surface area contributed by atoms with Crippen molar-refractivity contribution in [2.45, 2.75) is 0 Å². The summed E-state index contributed by atoms with van der Waals surface area (Å²) in [6.45, 7) is 1.29. The number of benzene rings is 2. The Morgan fingerprint density at radius 3 is 2.38 bits per heavy atom. The molecule has 1 aliphatic rings. The molecule has 0 radical (unpaired) electrons. The highest BCUT2D eigenvalue weighted by Crippen LogP contribution is 2.36. The Labute approximate surface area is 194 Å². The molecule has 0 unspecified atom stereocenters. The van der Waals surface area contributed by atoms with E-state index in [0.29, 0.717) is 41.0 Å². The Bertz CT molecular complexity index is 1350. The Hall–Kier alpha value is -4.40. The summed E-state index contributed by atoms with van der Waals surface area (Å²) in [5.41, 5.74) is 2.78. The van der Waals surface area contributed by atoms with Gasteiger partial charge in [0.2, 0.25) is 0 Å². The first kappa shape index (κ1) is 21.4. The normalized spacial score (nSPS) is 13.8. The topological polar surface area (TPSA) is 109 Å². The molecule has 0 spiro atoms. The fraction of sp³-hybridized carbons (Fsp3) is 0.200. The summed E-state index contributed by atoms with van der Waals surface area (Å²) in [4.78, 5) is 45.3. The van der Waals surface area contributed by atoms with Crippen molar-refractivity contribution in [2.24, 2.45) is 0 Å². The van der Waals surface area contributed by atoms with Gasteiger partial charge in [-0.15, -0.1) is 0 Å². The molecule has 9 heteroatoms. The lowest BCUT2D eigenvalue weighted by Crippen LogP contribution is -2.52. The number of piperazine rings is 1. The molecule has 2 aromatic carbocycles. The van der Waals surface area contributed by atoms with Crippen LogP contribution in [0.15, 0.2) is 65.5 Å². The molecule has 4 aromatic rings. The van der Waals surface area contributed by atoms with Gasteiger partial charge in [-0.3, -0.25) is 14.4 Å². The van der Waals surface area contributed by atoms with Crippen LogP contribution in [-0.4, -0.2) is 70.8 Å². The van der Waals surface area contributed by atoms with E-state index in [0.717, 1.165) is 5.56 Å². The largest absolute Gasteiger partial charge is 0.496 e. The van der Waals surface area contributed by atoms with Gasteiger partial charge in [-0.1, -0.05) is 23.4 Å². The smallest absolute Gasteiger partial charge is 0.295 e. The number of hydrogen-bond acceptors (Lipinski definition) is 6. The van der Waals surface area contributed by atoms with Gasteiger partial charge >= 0.3 is 0 Å². The number of rotatable bonds is 5. The van der Waals surface area contributed by atoms with Crippen molar-refractivity contribution in [1.29, 1.82) is 0 Å². The number of H-pyrrole nitrogens is 1. The number of carbonyl (C=O) groups excluding carboxylic acids is 3. The van der Waals surface area contributed by atoms with Gasteiger partial charge in [-0.2, -0.15) is 0 Å².